The van der Waals surface area contributed by atoms with Crippen molar-refractivity contribution in [3.05, 3.63) is 29.6 Å². The molecule has 0 aliphatic rings. The normalized spacial score (nSPS) is 11.1. The van der Waals surface area contributed by atoms with Crippen LogP contribution in [0.4, 0.5) is 4.39 Å². The molecule has 0 unspecified atom stereocenters. The maximum absolute atomic E-state index is 13.7. The Morgan fingerprint density at radius 1 is 1.33 bits per heavy atom. The maximum atomic E-state index is 13.7. The zero-order valence-electron chi connectivity index (χ0n) is 11.3. The van der Waals surface area contributed by atoms with Gasteiger partial charge in [0.25, 0.3) is 5.91 Å². The second kappa shape index (κ2) is 5.85. The summed E-state index contributed by atoms with van der Waals surface area (Å²) in [7, 11) is 0. The molecule has 0 atom stereocenters. The first kappa shape index (κ1) is 14.5. The molecule has 0 saturated heterocycles. The number of carbonyl (C=O) groups excluding carboxylic acids is 1. The van der Waals surface area contributed by atoms with Crippen molar-refractivity contribution < 1.29 is 14.3 Å². The van der Waals surface area contributed by atoms with Gasteiger partial charge in [0.1, 0.15) is 17.1 Å². The largest absolute Gasteiger partial charge is 0.507 e. The van der Waals surface area contributed by atoms with E-state index in [1.807, 2.05) is 27.7 Å². The minimum Gasteiger partial charge on any atom is -0.507 e. The number of carbonyl (C=O) groups is 1. The number of amides is 1. The number of benzene rings is 1. The molecule has 3 nitrogen and oxygen atoms in total. The molecule has 1 aromatic carbocycles. The number of rotatable bonds is 4. The van der Waals surface area contributed by atoms with Crippen LogP contribution >= 0.6 is 0 Å². The SMILES string of the molecule is CC(C)CN(C(=O)c1c(O)cccc1F)C(C)C. The van der Waals surface area contributed by atoms with E-state index in [-0.39, 0.29) is 23.3 Å². The van der Waals surface area contributed by atoms with Crippen LogP contribution in [0.5, 0.6) is 5.75 Å². The third-order valence-corrected chi connectivity index (χ3v) is 2.65. The maximum Gasteiger partial charge on any atom is 0.260 e. The lowest BCUT2D eigenvalue weighted by Gasteiger charge is -2.28. The van der Waals surface area contributed by atoms with Gasteiger partial charge >= 0.3 is 0 Å². The summed E-state index contributed by atoms with van der Waals surface area (Å²) in [4.78, 5) is 13.9. The summed E-state index contributed by atoms with van der Waals surface area (Å²) in [6.45, 7) is 8.26. The van der Waals surface area contributed by atoms with Crippen LogP contribution in [0.15, 0.2) is 18.2 Å². The second-order valence-electron chi connectivity index (χ2n) is 5.08. The van der Waals surface area contributed by atoms with E-state index in [0.717, 1.165) is 0 Å². The molecular weight excluding hydrogens is 233 g/mol. The molecule has 0 aromatic heterocycles. The third-order valence-electron chi connectivity index (χ3n) is 2.65. The summed E-state index contributed by atoms with van der Waals surface area (Å²) in [6.07, 6.45) is 0. The first-order chi connectivity index (χ1) is 8.34. The highest BCUT2D eigenvalue weighted by Crippen LogP contribution is 2.23. The molecule has 18 heavy (non-hydrogen) atoms. The number of hydrogen-bond acceptors (Lipinski definition) is 2. The number of hydrogen-bond donors (Lipinski definition) is 1. The van der Waals surface area contributed by atoms with E-state index in [9.17, 15) is 14.3 Å². The monoisotopic (exact) mass is 253 g/mol. The van der Waals surface area contributed by atoms with Crippen LogP contribution in [-0.2, 0) is 0 Å². The molecule has 100 valence electrons. The van der Waals surface area contributed by atoms with E-state index < -0.39 is 11.7 Å². The molecule has 0 bridgehead atoms. The van der Waals surface area contributed by atoms with Gasteiger partial charge in [-0.15, -0.1) is 0 Å². The fraction of sp³-hybridized carbons (Fsp3) is 0.500. The molecule has 0 fully saturated rings. The Labute approximate surface area is 107 Å². The van der Waals surface area contributed by atoms with Crippen molar-refractivity contribution in [3.63, 3.8) is 0 Å². The molecule has 0 aliphatic heterocycles. The van der Waals surface area contributed by atoms with Crippen molar-refractivity contribution in [1.82, 2.24) is 4.90 Å². The lowest BCUT2D eigenvalue weighted by molar-refractivity contribution is 0.0674. The lowest BCUT2D eigenvalue weighted by Crippen LogP contribution is -2.39. The topological polar surface area (TPSA) is 40.5 Å². The molecule has 1 rings (SSSR count). The molecule has 0 spiro atoms. The van der Waals surface area contributed by atoms with E-state index in [1.54, 1.807) is 4.90 Å². The molecule has 1 aromatic rings. The van der Waals surface area contributed by atoms with E-state index in [2.05, 4.69) is 0 Å². The van der Waals surface area contributed by atoms with Gasteiger partial charge < -0.3 is 10.0 Å². The minimum atomic E-state index is -0.686. The van der Waals surface area contributed by atoms with Gasteiger partial charge in [-0.2, -0.15) is 0 Å². The van der Waals surface area contributed by atoms with E-state index in [1.165, 1.54) is 18.2 Å². The van der Waals surface area contributed by atoms with Crippen LogP contribution < -0.4 is 0 Å². The van der Waals surface area contributed by atoms with Crippen LogP contribution in [0.3, 0.4) is 0 Å². The first-order valence-electron chi connectivity index (χ1n) is 6.13. The second-order valence-corrected chi connectivity index (χ2v) is 5.08. The summed E-state index contributed by atoms with van der Waals surface area (Å²) in [5.41, 5.74) is -0.244. The summed E-state index contributed by atoms with van der Waals surface area (Å²) in [6, 6.07) is 3.84. The van der Waals surface area contributed by atoms with Gasteiger partial charge in [0, 0.05) is 12.6 Å². The van der Waals surface area contributed by atoms with Gasteiger partial charge in [0.05, 0.1) is 0 Å². The summed E-state index contributed by atoms with van der Waals surface area (Å²) >= 11 is 0. The van der Waals surface area contributed by atoms with Crippen LogP contribution in [0.2, 0.25) is 0 Å². The van der Waals surface area contributed by atoms with Crippen molar-refractivity contribution in [1.29, 1.82) is 0 Å². The number of halogens is 1. The van der Waals surface area contributed by atoms with Crippen LogP contribution in [0.1, 0.15) is 38.1 Å². The van der Waals surface area contributed by atoms with Crippen molar-refractivity contribution in [3.8, 4) is 5.75 Å². The highest BCUT2D eigenvalue weighted by Gasteiger charge is 2.25. The molecule has 1 amide bonds. The van der Waals surface area contributed by atoms with Crippen LogP contribution in [0.25, 0.3) is 0 Å². The average Bonchev–Trinajstić information content (AvgIpc) is 2.24. The zero-order valence-corrected chi connectivity index (χ0v) is 11.3. The van der Waals surface area contributed by atoms with E-state index in [0.29, 0.717) is 6.54 Å². The average molecular weight is 253 g/mol. The minimum absolute atomic E-state index is 0.0427. The standard InChI is InChI=1S/C14H20FNO2/c1-9(2)8-16(10(3)4)14(18)13-11(15)6-5-7-12(13)17/h5-7,9-10,17H,8H2,1-4H3. The summed E-state index contributed by atoms with van der Waals surface area (Å²) < 4.78 is 13.7. The molecule has 0 heterocycles. The number of aromatic hydroxyl groups is 1. The molecule has 0 radical (unpaired) electrons. The van der Waals surface area contributed by atoms with Crippen LogP contribution in [0, 0.1) is 11.7 Å². The molecule has 0 aliphatic carbocycles. The van der Waals surface area contributed by atoms with Gasteiger partial charge in [-0.1, -0.05) is 19.9 Å². The molecular formula is C14H20FNO2. The van der Waals surface area contributed by atoms with Gasteiger partial charge in [-0.25, -0.2) is 4.39 Å². The molecule has 0 saturated carbocycles. The zero-order chi connectivity index (χ0) is 13.9. The van der Waals surface area contributed by atoms with Crippen molar-refractivity contribution in [2.24, 2.45) is 5.92 Å². The van der Waals surface area contributed by atoms with Gasteiger partial charge in [-0.05, 0) is 31.9 Å². The first-order valence-corrected chi connectivity index (χ1v) is 6.13. The van der Waals surface area contributed by atoms with Crippen LogP contribution in [-0.4, -0.2) is 28.5 Å². The fourth-order valence-corrected chi connectivity index (χ4v) is 1.79. The quantitative estimate of drug-likeness (QED) is 0.896. The Morgan fingerprint density at radius 3 is 2.39 bits per heavy atom. The Kier molecular flexibility index (Phi) is 4.70. The molecule has 1 N–H and O–H groups in total. The fourth-order valence-electron chi connectivity index (χ4n) is 1.79. The predicted octanol–water partition coefficient (Wildman–Crippen LogP) is 3.04. The number of phenolic OH excluding ortho intramolecular Hbond substituents is 1. The van der Waals surface area contributed by atoms with Crippen molar-refractivity contribution in [2.75, 3.05) is 6.54 Å². The van der Waals surface area contributed by atoms with Gasteiger partial charge in [-0.3, -0.25) is 4.79 Å². The molecule has 4 heteroatoms. The smallest absolute Gasteiger partial charge is 0.260 e. The lowest BCUT2D eigenvalue weighted by atomic mass is 10.1. The van der Waals surface area contributed by atoms with Crippen molar-refractivity contribution >= 4 is 5.91 Å². The Balaban J connectivity index is 3.10. The van der Waals surface area contributed by atoms with Gasteiger partial charge in [0.2, 0.25) is 0 Å². The summed E-state index contributed by atoms with van der Waals surface area (Å²) in [5, 5.41) is 9.64. The van der Waals surface area contributed by atoms with Gasteiger partial charge in [0.15, 0.2) is 0 Å². The Hall–Kier alpha value is -1.58. The number of nitrogens with zero attached hydrogens (tertiary/aromatic N) is 1. The third kappa shape index (κ3) is 3.22. The highest BCUT2D eigenvalue weighted by molar-refractivity contribution is 5.97. The van der Waals surface area contributed by atoms with Crippen molar-refractivity contribution in [2.45, 2.75) is 33.7 Å². The Morgan fingerprint density at radius 2 is 1.94 bits per heavy atom. The van der Waals surface area contributed by atoms with E-state index in [4.69, 9.17) is 0 Å². The van der Waals surface area contributed by atoms with E-state index >= 15 is 0 Å². The number of phenols is 1. The Bertz CT molecular complexity index is 410. The highest BCUT2D eigenvalue weighted by atomic mass is 19.1. The predicted molar refractivity (Wildman–Crippen MR) is 69.1 cm³/mol. The summed E-state index contributed by atoms with van der Waals surface area (Å²) in [5.74, 6) is -1.18.